The Bertz CT molecular complexity index is 905. The van der Waals surface area contributed by atoms with Crippen molar-refractivity contribution < 1.29 is 13.2 Å². The zero-order valence-electron chi connectivity index (χ0n) is 18.8. The number of hydrogen-bond acceptors (Lipinski definition) is 2. The van der Waals surface area contributed by atoms with Crippen LogP contribution in [0.2, 0.25) is 5.04 Å². The molecule has 0 bridgehead atoms. The molecule has 3 aliphatic rings. The lowest BCUT2D eigenvalue weighted by Crippen LogP contribution is -2.68. The molecule has 166 valence electrons. The molecule has 0 radical (unpaired) electrons. The summed E-state index contributed by atoms with van der Waals surface area (Å²) in [5.41, 5.74) is -1.05. The van der Waals surface area contributed by atoms with Gasteiger partial charge in [-0.1, -0.05) is 81.4 Å². The van der Waals surface area contributed by atoms with Crippen LogP contribution in [-0.2, 0) is 4.43 Å². The van der Waals surface area contributed by atoms with E-state index in [1.54, 1.807) is 0 Å². The van der Waals surface area contributed by atoms with Gasteiger partial charge in [0.1, 0.15) is 0 Å². The Balaban J connectivity index is 1.54. The van der Waals surface area contributed by atoms with Gasteiger partial charge in [0, 0.05) is 18.5 Å². The van der Waals surface area contributed by atoms with Crippen molar-refractivity contribution in [3.05, 3.63) is 60.7 Å². The number of fused-ring (bicyclic) bond motifs is 1. The van der Waals surface area contributed by atoms with Crippen LogP contribution in [0.3, 0.4) is 0 Å². The first-order valence-corrected chi connectivity index (χ1v) is 13.4. The highest BCUT2D eigenvalue weighted by molar-refractivity contribution is 6.99. The van der Waals surface area contributed by atoms with Crippen molar-refractivity contribution in [2.45, 2.75) is 63.0 Å². The smallest absolute Gasteiger partial charge is 0.261 e. The van der Waals surface area contributed by atoms with Crippen molar-refractivity contribution in [3.63, 3.8) is 0 Å². The van der Waals surface area contributed by atoms with E-state index in [0.29, 0.717) is 19.6 Å². The molecular weight excluding hydrogens is 408 g/mol. The lowest BCUT2D eigenvalue weighted by Gasteiger charge is -2.45. The normalized spacial score (nSPS) is 30.0. The van der Waals surface area contributed by atoms with Gasteiger partial charge >= 0.3 is 0 Å². The van der Waals surface area contributed by atoms with Gasteiger partial charge in [-0.05, 0) is 41.2 Å². The Morgan fingerprint density at radius 1 is 0.935 bits per heavy atom. The molecule has 2 aliphatic heterocycles. The molecule has 5 rings (SSSR count). The molecule has 0 aromatic heterocycles. The second-order valence-corrected chi connectivity index (χ2v) is 15.3. The second kappa shape index (κ2) is 6.97. The van der Waals surface area contributed by atoms with Gasteiger partial charge in [0.15, 0.2) is 0 Å². The van der Waals surface area contributed by atoms with Crippen LogP contribution in [0.1, 0.15) is 46.5 Å². The van der Waals surface area contributed by atoms with Crippen LogP contribution >= 0.6 is 0 Å². The first-order valence-electron chi connectivity index (χ1n) is 11.5. The molecular formula is C26H33F2NOSi. The zero-order chi connectivity index (χ0) is 22.0. The molecule has 0 amide bonds. The van der Waals surface area contributed by atoms with E-state index >= 15 is 0 Å². The topological polar surface area (TPSA) is 12.5 Å². The van der Waals surface area contributed by atoms with E-state index in [2.05, 4.69) is 74.2 Å². The van der Waals surface area contributed by atoms with Gasteiger partial charge in [0.25, 0.3) is 14.2 Å². The summed E-state index contributed by atoms with van der Waals surface area (Å²) in [5.74, 6) is -2.50. The quantitative estimate of drug-likeness (QED) is 0.617. The van der Waals surface area contributed by atoms with Crippen LogP contribution in [0.15, 0.2) is 60.7 Å². The van der Waals surface area contributed by atoms with Crippen molar-refractivity contribution in [2.24, 2.45) is 5.41 Å². The summed E-state index contributed by atoms with van der Waals surface area (Å²) in [6, 6.07) is 21.2. The summed E-state index contributed by atoms with van der Waals surface area (Å²) >= 11 is 0. The third kappa shape index (κ3) is 3.15. The van der Waals surface area contributed by atoms with E-state index in [0.717, 1.165) is 19.4 Å². The Morgan fingerprint density at radius 3 is 1.97 bits per heavy atom. The predicted octanol–water partition coefficient (Wildman–Crippen LogP) is 4.83. The summed E-state index contributed by atoms with van der Waals surface area (Å²) in [4.78, 5) is 2.34. The first kappa shape index (κ1) is 21.3. The largest absolute Gasteiger partial charge is 0.406 e. The van der Waals surface area contributed by atoms with Crippen molar-refractivity contribution in [2.75, 3.05) is 19.7 Å². The molecule has 2 atom stereocenters. The lowest BCUT2D eigenvalue weighted by molar-refractivity contribution is 0.0647. The Kier molecular flexibility index (Phi) is 4.78. The van der Waals surface area contributed by atoms with E-state index in [1.807, 2.05) is 12.1 Å². The fourth-order valence-corrected chi connectivity index (χ4v) is 11.1. The molecule has 5 heteroatoms. The molecule has 2 heterocycles. The summed E-state index contributed by atoms with van der Waals surface area (Å²) < 4.78 is 35.8. The van der Waals surface area contributed by atoms with Crippen LogP contribution in [0.5, 0.6) is 0 Å². The van der Waals surface area contributed by atoms with Crippen LogP contribution in [-0.4, -0.2) is 44.4 Å². The minimum absolute atomic E-state index is 0.0530. The summed E-state index contributed by atoms with van der Waals surface area (Å²) in [6.07, 6.45) is 2.66. The standard InChI is InChI=1S/C26H33F2NOSi/c1-23(2,3)31(21-11-6-4-7-12-21,22-13-8-5-9-14-22)30-20-25-15-10-16-29(25)19-24(17-25)18-26(24,27)28/h4-9,11-14H,10,15-20H2,1-3H3/t24-,25+/m0/s1. The first-order chi connectivity index (χ1) is 14.6. The SMILES string of the molecule is CC(C)(C)[Si](OC[C@]12CCCN1C[C@@]1(CC1(F)F)C2)(c1ccccc1)c1ccccc1. The highest BCUT2D eigenvalue weighted by atomic mass is 28.4. The third-order valence-corrected chi connectivity index (χ3v) is 13.1. The van der Waals surface area contributed by atoms with Gasteiger partial charge < -0.3 is 4.43 Å². The summed E-state index contributed by atoms with van der Waals surface area (Å²) in [7, 11) is -2.66. The van der Waals surface area contributed by atoms with Crippen LogP contribution in [0, 0.1) is 5.41 Å². The Hall–Kier alpha value is -1.56. The van der Waals surface area contributed by atoms with Crippen molar-refractivity contribution >= 4 is 18.7 Å². The summed E-state index contributed by atoms with van der Waals surface area (Å²) in [5, 5.41) is 2.40. The molecule has 1 spiro atoms. The number of hydrogen-bond donors (Lipinski definition) is 0. The average Bonchev–Trinajstić information content (AvgIpc) is 2.98. The van der Waals surface area contributed by atoms with Gasteiger partial charge in [0.05, 0.1) is 12.0 Å². The number of halogens is 2. The van der Waals surface area contributed by atoms with Gasteiger partial charge in [-0.25, -0.2) is 8.78 Å². The van der Waals surface area contributed by atoms with Gasteiger partial charge in [-0.15, -0.1) is 0 Å². The number of benzene rings is 2. The predicted molar refractivity (Wildman–Crippen MR) is 124 cm³/mol. The Morgan fingerprint density at radius 2 is 1.48 bits per heavy atom. The highest BCUT2D eigenvalue weighted by Gasteiger charge is 2.77. The maximum absolute atomic E-state index is 14.3. The maximum Gasteiger partial charge on any atom is 0.261 e. The van der Waals surface area contributed by atoms with Gasteiger partial charge in [-0.3, -0.25) is 4.90 Å². The van der Waals surface area contributed by atoms with Crippen LogP contribution in [0.25, 0.3) is 0 Å². The molecule has 1 saturated carbocycles. The van der Waals surface area contributed by atoms with Crippen molar-refractivity contribution in [3.8, 4) is 0 Å². The average molecular weight is 442 g/mol. The van der Waals surface area contributed by atoms with Gasteiger partial charge in [0.2, 0.25) is 0 Å². The minimum Gasteiger partial charge on any atom is -0.406 e. The van der Waals surface area contributed by atoms with E-state index in [9.17, 15) is 8.78 Å². The van der Waals surface area contributed by atoms with E-state index < -0.39 is 19.7 Å². The molecule has 0 N–H and O–H groups in total. The van der Waals surface area contributed by atoms with Crippen molar-refractivity contribution in [1.82, 2.24) is 4.90 Å². The molecule has 2 saturated heterocycles. The molecule has 3 fully saturated rings. The number of alkyl halides is 2. The molecule has 31 heavy (non-hydrogen) atoms. The monoisotopic (exact) mass is 441 g/mol. The molecule has 2 aromatic rings. The van der Waals surface area contributed by atoms with Crippen LogP contribution < -0.4 is 10.4 Å². The maximum atomic E-state index is 14.3. The zero-order valence-corrected chi connectivity index (χ0v) is 19.8. The van der Waals surface area contributed by atoms with E-state index in [4.69, 9.17) is 4.43 Å². The van der Waals surface area contributed by atoms with E-state index in [-0.39, 0.29) is 17.0 Å². The minimum atomic E-state index is -2.66. The van der Waals surface area contributed by atoms with Crippen molar-refractivity contribution in [1.29, 1.82) is 0 Å². The molecule has 2 aromatic carbocycles. The number of nitrogens with zero attached hydrogens (tertiary/aromatic N) is 1. The Labute approximate surface area is 185 Å². The fraction of sp³-hybridized carbons (Fsp3) is 0.538. The second-order valence-electron chi connectivity index (χ2n) is 11.0. The molecule has 1 aliphatic carbocycles. The highest BCUT2D eigenvalue weighted by Crippen LogP contribution is 2.69. The fourth-order valence-electron chi connectivity index (χ4n) is 6.46. The molecule has 2 nitrogen and oxygen atoms in total. The van der Waals surface area contributed by atoms with Gasteiger partial charge in [-0.2, -0.15) is 0 Å². The third-order valence-electron chi connectivity index (χ3n) is 8.09. The van der Waals surface area contributed by atoms with Crippen LogP contribution in [0.4, 0.5) is 8.78 Å². The molecule has 0 unspecified atom stereocenters. The summed E-state index contributed by atoms with van der Waals surface area (Å²) in [6.45, 7) is 8.81. The van der Waals surface area contributed by atoms with E-state index in [1.165, 1.54) is 10.4 Å². The lowest BCUT2D eigenvalue weighted by atomic mass is 9.89. The number of rotatable bonds is 5.